The van der Waals surface area contributed by atoms with E-state index in [1.54, 1.807) is 6.07 Å². The number of fused-ring (bicyclic) bond motifs is 1. The molecule has 0 N–H and O–H groups in total. The highest BCUT2D eigenvalue weighted by atomic mass is 32.2. The van der Waals surface area contributed by atoms with Crippen molar-refractivity contribution in [3.8, 4) is 11.5 Å². The Labute approximate surface area is 131 Å². The molecule has 0 saturated heterocycles. The molecule has 0 aliphatic carbocycles. The zero-order valence-electron chi connectivity index (χ0n) is 13.2. The fourth-order valence-electron chi connectivity index (χ4n) is 2.44. The zero-order valence-corrected chi connectivity index (χ0v) is 14.0. The molecule has 1 heterocycles. The molecular weight excluding hydrogens is 284 g/mol. The van der Waals surface area contributed by atoms with Crippen LogP contribution >= 0.6 is 11.8 Å². The summed E-state index contributed by atoms with van der Waals surface area (Å²) in [6.45, 7) is 8.97. The van der Waals surface area contributed by atoms with Gasteiger partial charge in [-0.15, -0.1) is 0 Å². The van der Waals surface area contributed by atoms with Crippen LogP contribution < -0.4 is 9.47 Å². The number of benzene rings is 1. The molecule has 0 saturated carbocycles. The van der Waals surface area contributed by atoms with E-state index in [0.29, 0.717) is 21.8 Å². The van der Waals surface area contributed by atoms with E-state index in [-0.39, 0.29) is 18.5 Å². The number of hydrogen-bond donors (Lipinski definition) is 0. The van der Waals surface area contributed by atoms with E-state index in [2.05, 4.69) is 27.7 Å². The number of Topliss-reactive ketones (excluding diaryl/α,β-unsaturated/α-hetero) is 1. The molecule has 0 amide bonds. The van der Waals surface area contributed by atoms with E-state index in [0.717, 1.165) is 18.6 Å². The van der Waals surface area contributed by atoms with Crippen LogP contribution in [0.25, 0.3) is 0 Å². The first kappa shape index (κ1) is 16.2. The summed E-state index contributed by atoms with van der Waals surface area (Å²) in [4.78, 5) is 11.5. The van der Waals surface area contributed by atoms with Crippen molar-refractivity contribution in [2.24, 2.45) is 0 Å². The third-order valence-electron chi connectivity index (χ3n) is 3.43. The lowest BCUT2D eigenvalue weighted by Crippen LogP contribution is -2.14. The Morgan fingerprint density at radius 1 is 1.24 bits per heavy atom. The van der Waals surface area contributed by atoms with Crippen molar-refractivity contribution in [2.75, 3.05) is 6.61 Å². The number of carbonyl (C=O) groups is 1. The number of rotatable bonds is 7. The topological polar surface area (TPSA) is 35.5 Å². The smallest absolute Gasteiger partial charge is 0.203 e. The van der Waals surface area contributed by atoms with Crippen molar-refractivity contribution < 1.29 is 14.3 Å². The zero-order chi connectivity index (χ0) is 15.4. The maximum absolute atomic E-state index is 11.5. The first-order chi connectivity index (χ1) is 9.95. The summed E-state index contributed by atoms with van der Waals surface area (Å²) < 4.78 is 11.3. The number of ether oxygens (including phenoxy) is 2. The molecule has 2 rings (SSSR count). The molecule has 4 heteroatoms. The minimum Gasteiger partial charge on any atom is -0.491 e. The minimum absolute atomic E-state index is 0.0455. The van der Waals surface area contributed by atoms with Crippen LogP contribution in [-0.4, -0.2) is 29.0 Å². The van der Waals surface area contributed by atoms with Gasteiger partial charge in [0, 0.05) is 11.3 Å². The Bertz CT molecular complexity index is 499. The fraction of sp³-hybridized carbons (Fsp3) is 0.588. The van der Waals surface area contributed by atoms with Crippen molar-refractivity contribution >= 4 is 17.5 Å². The maximum Gasteiger partial charge on any atom is 0.203 e. The van der Waals surface area contributed by atoms with Crippen LogP contribution in [0.2, 0.25) is 0 Å². The van der Waals surface area contributed by atoms with Crippen molar-refractivity contribution in [1.29, 1.82) is 0 Å². The van der Waals surface area contributed by atoms with Gasteiger partial charge in [0.1, 0.15) is 11.5 Å². The molecule has 0 bridgehead atoms. The number of carbonyl (C=O) groups excluding carboxylic acids is 1. The molecule has 1 aromatic rings. The summed E-state index contributed by atoms with van der Waals surface area (Å²) in [5.74, 6) is 1.47. The van der Waals surface area contributed by atoms with E-state index >= 15 is 0 Å². The molecule has 21 heavy (non-hydrogen) atoms. The largest absolute Gasteiger partial charge is 0.491 e. The van der Waals surface area contributed by atoms with Crippen LogP contribution in [-0.2, 0) is 0 Å². The van der Waals surface area contributed by atoms with E-state index < -0.39 is 0 Å². The van der Waals surface area contributed by atoms with Crippen LogP contribution in [0.3, 0.4) is 0 Å². The van der Waals surface area contributed by atoms with Gasteiger partial charge >= 0.3 is 0 Å². The molecule has 1 aliphatic rings. The molecule has 1 aromatic carbocycles. The normalized spacial score (nSPS) is 16.5. The van der Waals surface area contributed by atoms with Crippen molar-refractivity contribution in [1.82, 2.24) is 0 Å². The van der Waals surface area contributed by atoms with Crippen LogP contribution in [0, 0.1) is 0 Å². The molecule has 0 fully saturated rings. The summed E-state index contributed by atoms with van der Waals surface area (Å²) in [5, 5.41) is 1.32. The van der Waals surface area contributed by atoms with Gasteiger partial charge in [-0.25, -0.2) is 0 Å². The Hall–Kier alpha value is -1.16. The van der Waals surface area contributed by atoms with E-state index in [4.69, 9.17) is 9.47 Å². The Morgan fingerprint density at radius 2 is 2.00 bits per heavy atom. The third kappa shape index (κ3) is 4.67. The van der Waals surface area contributed by atoms with Crippen molar-refractivity contribution in [3.05, 3.63) is 23.8 Å². The van der Waals surface area contributed by atoms with Gasteiger partial charge in [-0.3, -0.25) is 4.79 Å². The van der Waals surface area contributed by atoms with Crippen LogP contribution in [0.4, 0.5) is 0 Å². The lowest BCUT2D eigenvalue weighted by atomic mass is 10.1. The van der Waals surface area contributed by atoms with Crippen LogP contribution in [0.5, 0.6) is 11.5 Å². The fourth-order valence-corrected chi connectivity index (χ4v) is 3.64. The molecule has 3 nitrogen and oxygen atoms in total. The maximum atomic E-state index is 11.5. The third-order valence-corrected chi connectivity index (χ3v) is 4.68. The highest BCUT2D eigenvalue weighted by molar-refractivity contribution is 8.00. The lowest BCUT2D eigenvalue weighted by molar-refractivity contribution is 0.0961. The average Bonchev–Trinajstić information content (AvgIpc) is 2.77. The van der Waals surface area contributed by atoms with Crippen LogP contribution in [0.1, 0.15) is 50.9 Å². The number of thioether (sulfide) groups is 1. The highest BCUT2D eigenvalue weighted by Crippen LogP contribution is 2.30. The molecule has 0 spiro atoms. The van der Waals surface area contributed by atoms with E-state index in [9.17, 15) is 4.79 Å². The molecule has 2 atom stereocenters. The standard InChI is InChI=1S/C17H24O3S/c1-11(2)21-13(4)6-5-12(3)20-14-7-8-15-16(18)10-19-17(15)9-14/h7-9,11-13H,5-6,10H2,1-4H3/t12-,13?/m1/s1. The van der Waals surface area contributed by atoms with Crippen LogP contribution in [0.15, 0.2) is 18.2 Å². The SMILES string of the molecule is CC(C)SC(C)CC[C@@H](C)Oc1ccc2c(c1)OCC2=O. The Morgan fingerprint density at radius 3 is 2.71 bits per heavy atom. The Kier molecular flexibility index (Phi) is 5.57. The molecule has 0 radical (unpaired) electrons. The van der Waals surface area contributed by atoms with Crippen molar-refractivity contribution in [2.45, 2.75) is 57.1 Å². The first-order valence-electron chi connectivity index (χ1n) is 7.58. The molecule has 1 unspecified atom stereocenters. The monoisotopic (exact) mass is 308 g/mol. The van der Waals surface area contributed by atoms with Gasteiger partial charge in [-0.05, 0) is 37.1 Å². The summed E-state index contributed by atoms with van der Waals surface area (Å²) >= 11 is 2.01. The van der Waals surface area contributed by atoms with Crippen molar-refractivity contribution in [3.63, 3.8) is 0 Å². The number of hydrogen-bond acceptors (Lipinski definition) is 4. The summed E-state index contributed by atoms with van der Waals surface area (Å²) in [6, 6.07) is 5.47. The predicted molar refractivity (Wildman–Crippen MR) is 87.8 cm³/mol. The lowest BCUT2D eigenvalue weighted by Gasteiger charge is -2.18. The van der Waals surface area contributed by atoms with Gasteiger partial charge in [0.15, 0.2) is 6.61 Å². The molecular formula is C17H24O3S. The van der Waals surface area contributed by atoms with Gasteiger partial charge in [0.25, 0.3) is 0 Å². The first-order valence-corrected chi connectivity index (χ1v) is 8.52. The number of ketones is 1. The van der Waals surface area contributed by atoms with Gasteiger partial charge in [0.05, 0.1) is 11.7 Å². The van der Waals surface area contributed by atoms with Gasteiger partial charge < -0.3 is 9.47 Å². The summed E-state index contributed by atoms with van der Waals surface area (Å²) in [5.41, 5.74) is 0.664. The second-order valence-electron chi connectivity index (χ2n) is 5.87. The summed E-state index contributed by atoms with van der Waals surface area (Å²) in [6.07, 6.45) is 2.33. The molecule has 1 aliphatic heterocycles. The van der Waals surface area contributed by atoms with Gasteiger partial charge in [-0.2, -0.15) is 11.8 Å². The second kappa shape index (κ2) is 7.21. The van der Waals surface area contributed by atoms with E-state index in [1.807, 2.05) is 23.9 Å². The van der Waals surface area contributed by atoms with E-state index in [1.165, 1.54) is 0 Å². The minimum atomic E-state index is 0.0455. The van der Waals surface area contributed by atoms with Gasteiger partial charge in [-0.1, -0.05) is 20.8 Å². The Balaban J connectivity index is 1.83. The molecule has 0 aromatic heterocycles. The highest BCUT2D eigenvalue weighted by Gasteiger charge is 2.21. The second-order valence-corrected chi connectivity index (χ2v) is 7.89. The van der Waals surface area contributed by atoms with Gasteiger partial charge in [0.2, 0.25) is 5.78 Å². The quantitative estimate of drug-likeness (QED) is 0.750. The average molecular weight is 308 g/mol. The summed E-state index contributed by atoms with van der Waals surface area (Å²) in [7, 11) is 0. The predicted octanol–water partition coefficient (Wildman–Crippen LogP) is 4.34. The molecule has 116 valence electrons.